The molecule has 0 saturated carbocycles. The van der Waals surface area contributed by atoms with Crippen LogP contribution in [0.25, 0.3) is 0 Å². The molecule has 0 aliphatic carbocycles. The van der Waals surface area contributed by atoms with E-state index in [4.69, 9.17) is 9.47 Å². The molecule has 26 heavy (non-hydrogen) atoms. The van der Waals surface area contributed by atoms with E-state index in [9.17, 15) is 4.79 Å². The zero-order chi connectivity index (χ0) is 19.0. The van der Waals surface area contributed by atoms with Gasteiger partial charge in [0.2, 0.25) is 0 Å². The van der Waals surface area contributed by atoms with Crippen LogP contribution in [0.2, 0.25) is 0 Å². The van der Waals surface area contributed by atoms with Gasteiger partial charge in [0.25, 0.3) is 0 Å². The van der Waals surface area contributed by atoms with Crippen LogP contribution in [-0.2, 0) is 15.9 Å². The Morgan fingerprint density at radius 2 is 1.81 bits per heavy atom. The monoisotopic (exact) mass is 363 g/mol. The first-order chi connectivity index (χ1) is 12.7. The van der Waals surface area contributed by atoms with Crippen molar-refractivity contribution in [1.29, 1.82) is 0 Å². The smallest absolute Gasteiger partial charge is 0.337 e. The molecule has 0 spiro atoms. The van der Waals surface area contributed by atoms with E-state index in [2.05, 4.69) is 29.5 Å². The van der Waals surface area contributed by atoms with E-state index in [-0.39, 0.29) is 5.97 Å². The van der Waals surface area contributed by atoms with Crippen molar-refractivity contribution in [2.45, 2.75) is 39.5 Å². The maximum atomic E-state index is 11.4. The molecule has 0 bridgehead atoms. The minimum Gasteiger partial charge on any atom is -0.465 e. The maximum absolute atomic E-state index is 11.4. The van der Waals surface area contributed by atoms with E-state index in [1.165, 1.54) is 7.11 Å². The molecular weight excluding hydrogens is 330 g/mol. The first-order valence-corrected chi connectivity index (χ1v) is 9.48. The van der Waals surface area contributed by atoms with Crippen LogP contribution in [-0.4, -0.2) is 51.9 Å². The third kappa shape index (κ3) is 9.42. The second-order valence-electron chi connectivity index (χ2n) is 5.95. The number of unbranched alkanes of at least 4 members (excludes halogenated alkanes) is 1. The molecule has 1 aromatic rings. The van der Waals surface area contributed by atoms with Gasteiger partial charge in [-0.3, -0.25) is 4.99 Å². The summed E-state index contributed by atoms with van der Waals surface area (Å²) >= 11 is 0. The Labute approximate surface area is 157 Å². The number of nitrogens with one attached hydrogen (secondary N) is 2. The SMILES string of the molecule is CCCCOCCCN=C(NCC)NCCc1ccc(C(=O)OC)cc1. The number of carbonyl (C=O) groups excluding carboxylic acids is 1. The first kappa shape index (κ1) is 22.0. The molecule has 0 unspecified atom stereocenters. The number of esters is 1. The number of methoxy groups -OCH3 is 1. The normalized spacial score (nSPS) is 11.3. The summed E-state index contributed by atoms with van der Waals surface area (Å²) in [5.74, 6) is 0.516. The third-order valence-electron chi connectivity index (χ3n) is 3.78. The van der Waals surface area contributed by atoms with E-state index in [0.29, 0.717) is 5.56 Å². The quantitative estimate of drug-likeness (QED) is 0.259. The molecule has 0 aliphatic heterocycles. The Balaban J connectivity index is 2.31. The largest absolute Gasteiger partial charge is 0.465 e. The van der Waals surface area contributed by atoms with Crippen LogP contribution in [0.4, 0.5) is 0 Å². The second-order valence-corrected chi connectivity index (χ2v) is 5.95. The summed E-state index contributed by atoms with van der Waals surface area (Å²) in [5, 5.41) is 6.58. The average Bonchev–Trinajstić information content (AvgIpc) is 2.67. The molecule has 1 aromatic carbocycles. The summed E-state index contributed by atoms with van der Waals surface area (Å²) in [6, 6.07) is 7.48. The standard InChI is InChI=1S/C20H33N3O3/c1-4-6-15-26-16-7-13-22-20(21-5-2)23-14-12-17-8-10-18(11-9-17)19(24)25-3/h8-11H,4-7,12-16H2,1-3H3,(H2,21,22,23). The Kier molecular flexibility index (Phi) is 11.9. The highest BCUT2D eigenvalue weighted by Gasteiger charge is 2.04. The van der Waals surface area contributed by atoms with E-state index < -0.39 is 0 Å². The molecule has 0 amide bonds. The molecule has 0 saturated heterocycles. The molecule has 146 valence electrons. The van der Waals surface area contributed by atoms with Crippen LogP contribution < -0.4 is 10.6 Å². The number of hydrogen-bond donors (Lipinski definition) is 2. The molecule has 6 heteroatoms. The van der Waals surface area contributed by atoms with Crippen LogP contribution in [0, 0.1) is 0 Å². The lowest BCUT2D eigenvalue weighted by Crippen LogP contribution is -2.38. The van der Waals surface area contributed by atoms with Gasteiger partial charge < -0.3 is 20.1 Å². The topological polar surface area (TPSA) is 72.0 Å². The van der Waals surface area contributed by atoms with Gasteiger partial charge in [0.1, 0.15) is 0 Å². The first-order valence-electron chi connectivity index (χ1n) is 9.48. The average molecular weight is 364 g/mol. The molecule has 0 fully saturated rings. The van der Waals surface area contributed by atoms with Gasteiger partial charge in [0.15, 0.2) is 5.96 Å². The Morgan fingerprint density at radius 3 is 2.46 bits per heavy atom. The molecule has 0 aromatic heterocycles. The Hall–Kier alpha value is -2.08. The van der Waals surface area contributed by atoms with Gasteiger partial charge in [0.05, 0.1) is 12.7 Å². The van der Waals surface area contributed by atoms with E-state index in [1.54, 1.807) is 12.1 Å². The molecule has 0 aliphatic rings. The number of carbonyl (C=O) groups is 1. The zero-order valence-corrected chi connectivity index (χ0v) is 16.3. The number of rotatable bonds is 12. The zero-order valence-electron chi connectivity index (χ0n) is 16.3. The Bertz CT molecular complexity index is 530. The summed E-state index contributed by atoms with van der Waals surface area (Å²) in [6.07, 6.45) is 4.06. The third-order valence-corrected chi connectivity index (χ3v) is 3.78. The maximum Gasteiger partial charge on any atom is 0.337 e. The van der Waals surface area contributed by atoms with Gasteiger partial charge in [-0.05, 0) is 43.9 Å². The minimum atomic E-state index is -0.310. The van der Waals surface area contributed by atoms with Crippen molar-refractivity contribution in [2.24, 2.45) is 4.99 Å². The summed E-state index contributed by atoms with van der Waals surface area (Å²) < 4.78 is 10.3. The Morgan fingerprint density at radius 1 is 1.08 bits per heavy atom. The highest BCUT2D eigenvalue weighted by atomic mass is 16.5. The van der Waals surface area contributed by atoms with Crippen molar-refractivity contribution in [2.75, 3.05) is 40.0 Å². The number of hydrogen-bond acceptors (Lipinski definition) is 4. The molecule has 0 atom stereocenters. The molecular formula is C20H33N3O3. The van der Waals surface area contributed by atoms with Gasteiger partial charge in [0, 0.05) is 32.8 Å². The highest BCUT2D eigenvalue weighted by Crippen LogP contribution is 2.06. The number of ether oxygens (including phenoxy) is 2. The fourth-order valence-corrected chi connectivity index (χ4v) is 2.30. The van der Waals surface area contributed by atoms with Gasteiger partial charge in [-0.2, -0.15) is 0 Å². The molecule has 1 rings (SSSR count). The van der Waals surface area contributed by atoms with Crippen LogP contribution in [0.1, 0.15) is 49.0 Å². The number of guanidine groups is 1. The van der Waals surface area contributed by atoms with Crippen LogP contribution in [0.15, 0.2) is 29.3 Å². The minimum absolute atomic E-state index is 0.310. The van der Waals surface area contributed by atoms with Crippen molar-refractivity contribution < 1.29 is 14.3 Å². The summed E-state index contributed by atoms with van der Waals surface area (Å²) in [6.45, 7) is 8.16. The van der Waals surface area contributed by atoms with Gasteiger partial charge in [-0.15, -0.1) is 0 Å². The highest BCUT2D eigenvalue weighted by molar-refractivity contribution is 5.89. The fraction of sp³-hybridized carbons (Fsp3) is 0.600. The molecule has 2 N–H and O–H groups in total. The summed E-state index contributed by atoms with van der Waals surface area (Å²) in [7, 11) is 1.39. The predicted octanol–water partition coefficient (Wildman–Crippen LogP) is 2.78. The van der Waals surface area contributed by atoms with Crippen molar-refractivity contribution in [3.05, 3.63) is 35.4 Å². The van der Waals surface area contributed by atoms with Crippen LogP contribution in [0.5, 0.6) is 0 Å². The van der Waals surface area contributed by atoms with Crippen molar-refractivity contribution in [3.8, 4) is 0 Å². The second kappa shape index (κ2) is 14.1. The number of nitrogens with zero attached hydrogens (tertiary/aromatic N) is 1. The lowest BCUT2D eigenvalue weighted by atomic mass is 10.1. The van der Waals surface area contributed by atoms with Gasteiger partial charge in [-0.1, -0.05) is 25.5 Å². The summed E-state index contributed by atoms with van der Waals surface area (Å²) in [4.78, 5) is 16.0. The lowest BCUT2D eigenvalue weighted by Gasteiger charge is -2.11. The fourth-order valence-electron chi connectivity index (χ4n) is 2.30. The van der Waals surface area contributed by atoms with Crippen molar-refractivity contribution >= 4 is 11.9 Å². The van der Waals surface area contributed by atoms with Crippen LogP contribution in [0.3, 0.4) is 0 Å². The summed E-state index contributed by atoms with van der Waals surface area (Å²) in [5.41, 5.74) is 1.73. The lowest BCUT2D eigenvalue weighted by molar-refractivity contribution is 0.0600. The van der Waals surface area contributed by atoms with Crippen molar-refractivity contribution in [1.82, 2.24) is 10.6 Å². The number of benzene rings is 1. The van der Waals surface area contributed by atoms with E-state index in [1.807, 2.05) is 12.1 Å². The van der Waals surface area contributed by atoms with Gasteiger partial charge in [-0.25, -0.2) is 4.79 Å². The van der Waals surface area contributed by atoms with Crippen molar-refractivity contribution in [3.63, 3.8) is 0 Å². The molecule has 0 radical (unpaired) electrons. The van der Waals surface area contributed by atoms with E-state index >= 15 is 0 Å². The predicted molar refractivity (Wildman–Crippen MR) is 106 cm³/mol. The van der Waals surface area contributed by atoms with E-state index in [0.717, 1.165) is 70.1 Å². The molecule has 0 heterocycles. The van der Waals surface area contributed by atoms with Gasteiger partial charge >= 0.3 is 5.97 Å². The molecule has 6 nitrogen and oxygen atoms in total. The number of aliphatic imine (C=N–C) groups is 1. The van der Waals surface area contributed by atoms with Crippen LogP contribution >= 0.6 is 0 Å².